The summed E-state index contributed by atoms with van der Waals surface area (Å²) in [6, 6.07) is 54.4. The van der Waals surface area contributed by atoms with E-state index in [1.165, 1.54) is 30.4 Å². The monoisotopic (exact) mass is 714 g/mol. The van der Waals surface area contributed by atoms with Crippen LogP contribution < -0.4 is 0 Å². The van der Waals surface area contributed by atoms with Crippen LogP contribution in [-0.2, 0) is 0 Å². The molecule has 7 aromatic carbocycles. The van der Waals surface area contributed by atoms with Crippen LogP contribution in [0.4, 0.5) is 0 Å². The van der Waals surface area contributed by atoms with E-state index in [1.807, 2.05) is 78.1 Å². The average molecular weight is 715 g/mol. The Balaban J connectivity index is 1.01. The van der Waals surface area contributed by atoms with Gasteiger partial charge >= 0.3 is 0 Å². The van der Waals surface area contributed by atoms with Gasteiger partial charge in [0.1, 0.15) is 16.2 Å². The predicted octanol–water partition coefficient (Wildman–Crippen LogP) is 13.1. The van der Waals surface area contributed by atoms with Crippen molar-refractivity contribution < 1.29 is 4.42 Å². The third-order valence-corrected chi connectivity index (χ3v) is 12.1. The Labute approximate surface area is 311 Å². The van der Waals surface area contributed by atoms with Gasteiger partial charge in [-0.3, -0.25) is 0 Å². The first-order chi connectivity index (χ1) is 26.2. The highest BCUT2D eigenvalue weighted by atomic mass is 32.1. The number of para-hydroxylation sites is 1. The fourth-order valence-electron chi connectivity index (χ4n) is 7.25. The number of furan rings is 1. The first-order valence-electron chi connectivity index (χ1n) is 17.4. The Bertz CT molecular complexity index is 3160. The fraction of sp³-hybridized carbons (Fsp3) is 0. The number of rotatable bonds is 5. The molecule has 11 rings (SSSR count). The molecule has 0 radical (unpaired) electrons. The van der Waals surface area contributed by atoms with E-state index < -0.39 is 0 Å². The zero-order valence-electron chi connectivity index (χ0n) is 28.0. The molecule has 0 atom stereocenters. The molecular formula is C46H26N4OS2. The van der Waals surface area contributed by atoms with E-state index in [4.69, 9.17) is 24.4 Å². The number of fused-ring (bicyclic) bond motifs is 7. The molecule has 0 aliphatic carbocycles. The minimum atomic E-state index is 0.607. The summed E-state index contributed by atoms with van der Waals surface area (Å²) >= 11 is 3.59. The number of hydrogen-bond acceptors (Lipinski definition) is 7. The van der Waals surface area contributed by atoms with Crippen molar-refractivity contribution in [1.82, 2.24) is 19.9 Å². The molecule has 0 bridgehead atoms. The SMILES string of the molecule is c1ccc(-c2nc(-c3ccc(-c4cccc5c4sc4cc6sc(-c7ccccc7)nc6cc45)cc3)nc(-c3cccc4oc5ccccc5c34)n2)cc1. The lowest BCUT2D eigenvalue weighted by molar-refractivity contribution is 0.669. The lowest BCUT2D eigenvalue weighted by atomic mass is 10.0. The molecule has 5 nitrogen and oxygen atoms in total. The van der Waals surface area contributed by atoms with Gasteiger partial charge in [-0.15, -0.1) is 22.7 Å². The molecule has 0 saturated carbocycles. The highest BCUT2D eigenvalue weighted by Gasteiger charge is 2.19. The summed E-state index contributed by atoms with van der Waals surface area (Å²) in [5.74, 6) is 1.85. The summed E-state index contributed by atoms with van der Waals surface area (Å²) in [7, 11) is 0. The van der Waals surface area contributed by atoms with E-state index >= 15 is 0 Å². The van der Waals surface area contributed by atoms with Crippen LogP contribution in [0.2, 0.25) is 0 Å². The Hall–Kier alpha value is -6.54. The molecule has 11 aromatic rings. The first kappa shape index (κ1) is 30.1. The number of benzene rings is 7. The number of hydrogen-bond donors (Lipinski definition) is 0. The van der Waals surface area contributed by atoms with Gasteiger partial charge < -0.3 is 4.42 Å². The number of nitrogens with zero attached hydrogens (tertiary/aromatic N) is 4. The summed E-state index contributed by atoms with van der Waals surface area (Å²) in [5, 5.41) is 5.58. The van der Waals surface area contributed by atoms with Gasteiger partial charge in [-0.25, -0.2) is 19.9 Å². The van der Waals surface area contributed by atoms with Gasteiger partial charge in [-0.2, -0.15) is 0 Å². The van der Waals surface area contributed by atoms with Gasteiger partial charge in [0.2, 0.25) is 0 Å². The van der Waals surface area contributed by atoms with E-state index in [1.54, 1.807) is 11.3 Å². The van der Waals surface area contributed by atoms with Crippen LogP contribution in [0, 0.1) is 0 Å². The van der Waals surface area contributed by atoms with Gasteiger partial charge in [-0.05, 0) is 35.4 Å². The standard InChI is InChI=1S/C46H26N4OS2/c1-3-11-28(12-4-1)43-48-44(50-45(49-43)34-18-10-20-38-41(34)33-15-7-8-19-37(33)51-38)29-23-21-27(22-24-29)31-16-9-17-32-35-25-36-40(26-39(35)52-42(31)32)53-46(47-36)30-13-5-2-6-14-30/h1-26H. The van der Waals surface area contributed by atoms with Crippen LogP contribution in [0.25, 0.3) is 108 Å². The second kappa shape index (κ2) is 12.0. The van der Waals surface area contributed by atoms with Crippen molar-refractivity contribution in [2.75, 3.05) is 0 Å². The van der Waals surface area contributed by atoms with Crippen LogP contribution in [0.3, 0.4) is 0 Å². The molecule has 0 saturated heterocycles. The van der Waals surface area contributed by atoms with Crippen molar-refractivity contribution in [3.8, 4) is 55.9 Å². The fourth-order valence-corrected chi connectivity index (χ4v) is 9.58. The van der Waals surface area contributed by atoms with Crippen LogP contribution >= 0.6 is 22.7 Å². The lowest BCUT2D eigenvalue weighted by Gasteiger charge is -2.10. The third-order valence-electron chi connectivity index (χ3n) is 9.79. The summed E-state index contributed by atoms with van der Waals surface area (Å²) in [4.78, 5) is 20.1. The molecule has 0 unspecified atom stereocenters. The van der Waals surface area contributed by atoms with Crippen molar-refractivity contribution >= 4 is 75.0 Å². The molecule has 0 amide bonds. The second-order valence-corrected chi connectivity index (χ2v) is 15.1. The van der Waals surface area contributed by atoms with Gasteiger partial charge in [0, 0.05) is 53.2 Å². The maximum absolute atomic E-state index is 6.21. The molecule has 0 N–H and O–H groups in total. The number of thiazole rings is 1. The van der Waals surface area contributed by atoms with Crippen LogP contribution in [0.15, 0.2) is 162 Å². The molecular weight excluding hydrogens is 689 g/mol. The molecule has 7 heteroatoms. The van der Waals surface area contributed by atoms with Gasteiger partial charge in [0.25, 0.3) is 0 Å². The molecule has 53 heavy (non-hydrogen) atoms. The molecule has 0 aliphatic rings. The molecule has 0 aliphatic heterocycles. The van der Waals surface area contributed by atoms with Gasteiger partial charge in [0.15, 0.2) is 17.5 Å². The highest BCUT2D eigenvalue weighted by molar-refractivity contribution is 7.27. The minimum absolute atomic E-state index is 0.607. The van der Waals surface area contributed by atoms with E-state index in [9.17, 15) is 0 Å². The number of aromatic nitrogens is 4. The van der Waals surface area contributed by atoms with Crippen molar-refractivity contribution in [3.63, 3.8) is 0 Å². The number of thiophene rings is 1. The summed E-state index contributed by atoms with van der Waals surface area (Å²) in [6.45, 7) is 0. The summed E-state index contributed by atoms with van der Waals surface area (Å²) in [6.07, 6.45) is 0. The second-order valence-electron chi connectivity index (χ2n) is 13.0. The largest absolute Gasteiger partial charge is 0.456 e. The quantitative estimate of drug-likeness (QED) is 0.178. The lowest BCUT2D eigenvalue weighted by Crippen LogP contribution is -2.00. The van der Waals surface area contributed by atoms with Gasteiger partial charge in [-0.1, -0.05) is 133 Å². The normalized spacial score (nSPS) is 11.8. The Morgan fingerprint density at radius 3 is 1.83 bits per heavy atom. The van der Waals surface area contributed by atoms with E-state index in [0.717, 1.165) is 60.3 Å². The van der Waals surface area contributed by atoms with E-state index in [0.29, 0.717) is 17.5 Å². The molecule has 0 fully saturated rings. The average Bonchev–Trinajstić information content (AvgIpc) is 3.93. The maximum atomic E-state index is 6.21. The highest BCUT2D eigenvalue weighted by Crippen LogP contribution is 2.43. The first-order valence-corrected chi connectivity index (χ1v) is 19.0. The molecule has 0 spiro atoms. The molecule has 4 heterocycles. The topological polar surface area (TPSA) is 64.7 Å². The van der Waals surface area contributed by atoms with Crippen LogP contribution in [0.5, 0.6) is 0 Å². The smallest absolute Gasteiger partial charge is 0.164 e. The summed E-state index contributed by atoms with van der Waals surface area (Å²) in [5.41, 5.74) is 8.95. The van der Waals surface area contributed by atoms with Crippen molar-refractivity contribution in [1.29, 1.82) is 0 Å². The Kier molecular flexibility index (Phi) is 6.83. The zero-order chi connectivity index (χ0) is 34.9. The predicted molar refractivity (Wildman–Crippen MR) is 220 cm³/mol. The Morgan fingerprint density at radius 1 is 0.396 bits per heavy atom. The Morgan fingerprint density at radius 2 is 1.02 bits per heavy atom. The third kappa shape index (κ3) is 5.04. The van der Waals surface area contributed by atoms with Crippen LogP contribution in [-0.4, -0.2) is 19.9 Å². The van der Waals surface area contributed by atoms with Crippen molar-refractivity contribution in [3.05, 3.63) is 158 Å². The van der Waals surface area contributed by atoms with Crippen LogP contribution in [0.1, 0.15) is 0 Å². The van der Waals surface area contributed by atoms with E-state index in [-0.39, 0.29) is 0 Å². The summed E-state index contributed by atoms with van der Waals surface area (Å²) < 4.78 is 9.96. The van der Waals surface area contributed by atoms with Gasteiger partial charge in [0.05, 0.1) is 10.2 Å². The van der Waals surface area contributed by atoms with E-state index in [2.05, 4.69) is 91.0 Å². The maximum Gasteiger partial charge on any atom is 0.164 e. The minimum Gasteiger partial charge on any atom is -0.456 e. The molecule has 4 aromatic heterocycles. The van der Waals surface area contributed by atoms with Crippen molar-refractivity contribution in [2.45, 2.75) is 0 Å². The van der Waals surface area contributed by atoms with Crippen molar-refractivity contribution in [2.24, 2.45) is 0 Å². The zero-order valence-corrected chi connectivity index (χ0v) is 29.7. The molecule has 248 valence electrons.